The van der Waals surface area contributed by atoms with Crippen LogP contribution in [0.4, 0.5) is 0 Å². The predicted octanol–water partition coefficient (Wildman–Crippen LogP) is 2.44. The molecule has 2 aromatic rings. The van der Waals surface area contributed by atoms with E-state index in [4.69, 9.17) is 0 Å². The van der Waals surface area contributed by atoms with Crippen molar-refractivity contribution in [3.05, 3.63) is 35.2 Å². The maximum Gasteiger partial charge on any atom is 0.191 e. The van der Waals surface area contributed by atoms with Crippen LogP contribution < -0.4 is 10.6 Å². The fourth-order valence-electron chi connectivity index (χ4n) is 2.14. The molecule has 0 amide bonds. The molecule has 5 nitrogen and oxygen atoms in total. The molecule has 0 saturated carbocycles. The van der Waals surface area contributed by atoms with Crippen LogP contribution in [0.3, 0.4) is 0 Å². The van der Waals surface area contributed by atoms with Crippen molar-refractivity contribution < 1.29 is 5.11 Å². The van der Waals surface area contributed by atoms with Gasteiger partial charge >= 0.3 is 0 Å². The molecule has 0 aliphatic carbocycles. The Labute approximate surface area is 148 Å². The summed E-state index contributed by atoms with van der Waals surface area (Å²) in [7, 11) is 5.86. The lowest BCUT2D eigenvalue weighted by Gasteiger charge is -2.33. The first-order valence-corrected chi connectivity index (χ1v) is 8.93. The summed E-state index contributed by atoms with van der Waals surface area (Å²) >= 11 is 1.63. The minimum Gasteiger partial charge on any atom is -0.386 e. The van der Waals surface area contributed by atoms with Crippen LogP contribution in [0.1, 0.15) is 24.8 Å². The summed E-state index contributed by atoms with van der Waals surface area (Å²) in [5, 5.41) is 18.1. The van der Waals surface area contributed by atoms with Crippen molar-refractivity contribution in [2.75, 3.05) is 34.2 Å². The SMILES string of the molecule is CN=C(NCC(O)c1cc2ccccc2s1)NCC(C)(C)N(C)C. The van der Waals surface area contributed by atoms with Crippen molar-refractivity contribution in [3.63, 3.8) is 0 Å². The number of likely N-dealkylation sites (N-methyl/N-ethyl adjacent to an activating group) is 1. The van der Waals surface area contributed by atoms with Gasteiger partial charge in [0, 0.05) is 35.3 Å². The summed E-state index contributed by atoms with van der Waals surface area (Å²) in [4.78, 5) is 7.36. The molecule has 1 heterocycles. The highest BCUT2D eigenvalue weighted by Gasteiger charge is 2.20. The number of benzene rings is 1. The van der Waals surface area contributed by atoms with Crippen molar-refractivity contribution in [2.24, 2.45) is 4.99 Å². The Morgan fingerprint density at radius 1 is 1.29 bits per heavy atom. The molecule has 0 bridgehead atoms. The Bertz CT molecular complexity index is 660. The van der Waals surface area contributed by atoms with Crippen molar-refractivity contribution in [1.29, 1.82) is 0 Å². The highest BCUT2D eigenvalue weighted by Crippen LogP contribution is 2.29. The minimum absolute atomic E-state index is 0.0156. The second-order valence-corrected chi connectivity index (χ2v) is 7.83. The van der Waals surface area contributed by atoms with E-state index in [-0.39, 0.29) is 5.54 Å². The Balaban J connectivity index is 1.90. The Kier molecular flexibility index (Phi) is 6.21. The van der Waals surface area contributed by atoms with Gasteiger partial charge in [0.25, 0.3) is 0 Å². The molecule has 6 heteroatoms. The number of aliphatic imine (C=N–C) groups is 1. The maximum atomic E-state index is 10.4. The van der Waals surface area contributed by atoms with Crippen molar-refractivity contribution in [3.8, 4) is 0 Å². The molecule has 0 aliphatic rings. The topological polar surface area (TPSA) is 59.9 Å². The molecule has 1 atom stereocenters. The number of aliphatic hydroxyl groups excluding tert-OH is 1. The van der Waals surface area contributed by atoms with Crippen LogP contribution in [0, 0.1) is 0 Å². The molecule has 24 heavy (non-hydrogen) atoms. The summed E-state index contributed by atoms with van der Waals surface area (Å²) in [6, 6.07) is 10.2. The van der Waals surface area contributed by atoms with Gasteiger partial charge in [-0.1, -0.05) is 18.2 Å². The number of aliphatic hydroxyl groups is 1. The van der Waals surface area contributed by atoms with E-state index >= 15 is 0 Å². The van der Waals surface area contributed by atoms with Gasteiger partial charge in [0.15, 0.2) is 5.96 Å². The zero-order chi connectivity index (χ0) is 17.7. The molecule has 0 spiro atoms. The van der Waals surface area contributed by atoms with Crippen molar-refractivity contribution in [1.82, 2.24) is 15.5 Å². The zero-order valence-corrected chi connectivity index (χ0v) is 15.9. The lowest BCUT2D eigenvalue weighted by atomic mass is 10.0. The van der Waals surface area contributed by atoms with Crippen LogP contribution in [0.2, 0.25) is 0 Å². The van der Waals surface area contributed by atoms with E-state index in [0.717, 1.165) is 11.4 Å². The average Bonchev–Trinajstić information content (AvgIpc) is 2.98. The standard InChI is InChI=1S/C18H28N4OS/c1-18(2,22(4)5)12-21-17(19-3)20-11-14(23)16-10-13-8-6-7-9-15(13)24-16/h6-10,14,23H,11-12H2,1-5H3,(H2,19,20,21). The highest BCUT2D eigenvalue weighted by atomic mass is 32.1. The van der Waals surface area contributed by atoms with Crippen LogP contribution in [-0.4, -0.2) is 55.7 Å². The normalized spacial score (nSPS) is 14.2. The Hall–Kier alpha value is -1.63. The molecule has 1 aromatic carbocycles. The number of rotatable bonds is 6. The van der Waals surface area contributed by atoms with E-state index in [9.17, 15) is 5.11 Å². The molecule has 0 radical (unpaired) electrons. The molecular formula is C18H28N4OS. The van der Waals surface area contributed by atoms with Crippen molar-refractivity contribution in [2.45, 2.75) is 25.5 Å². The molecule has 3 N–H and O–H groups in total. The van der Waals surface area contributed by atoms with Gasteiger partial charge in [-0.05, 0) is 45.5 Å². The van der Waals surface area contributed by atoms with Gasteiger partial charge in [0.1, 0.15) is 6.10 Å². The largest absolute Gasteiger partial charge is 0.386 e. The van der Waals surface area contributed by atoms with Crippen LogP contribution >= 0.6 is 11.3 Å². The molecule has 0 fully saturated rings. The van der Waals surface area contributed by atoms with Crippen LogP contribution in [0.5, 0.6) is 0 Å². The third kappa shape index (κ3) is 4.69. The minimum atomic E-state index is -0.553. The van der Waals surface area contributed by atoms with Crippen LogP contribution in [0.15, 0.2) is 35.3 Å². The summed E-state index contributed by atoms with van der Waals surface area (Å²) in [5.74, 6) is 0.699. The molecule has 0 aliphatic heterocycles. The lowest BCUT2D eigenvalue weighted by molar-refractivity contribution is 0.183. The molecular weight excluding hydrogens is 320 g/mol. The monoisotopic (exact) mass is 348 g/mol. The first-order chi connectivity index (χ1) is 11.3. The number of thiophene rings is 1. The Morgan fingerprint density at radius 2 is 2.00 bits per heavy atom. The number of nitrogens with one attached hydrogen (secondary N) is 2. The quantitative estimate of drug-likeness (QED) is 0.554. The third-order valence-corrected chi connectivity index (χ3v) is 5.58. The average molecular weight is 349 g/mol. The number of hydrogen-bond donors (Lipinski definition) is 3. The van der Waals surface area contributed by atoms with Gasteiger partial charge in [-0.2, -0.15) is 0 Å². The smallest absolute Gasteiger partial charge is 0.191 e. The van der Waals surface area contributed by atoms with Gasteiger partial charge < -0.3 is 20.6 Å². The maximum absolute atomic E-state index is 10.4. The van der Waals surface area contributed by atoms with E-state index in [1.807, 2.05) is 12.1 Å². The predicted molar refractivity (Wildman–Crippen MR) is 104 cm³/mol. The van der Waals surface area contributed by atoms with Crippen LogP contribution in [0.25, 0.3) is 10.1 Å². The van der Waals surface area contributed by atoms with Gasteiger partial charge in [-0.15, -0.1) is 11.3 Å². The summed E-state index contributed by atoms with van der Waals surface area (Å²) in [6.07, 6.45) is -0.553. The second kappa shape index (κ2) is 7.96. The number of hydrogen-bond acceptors (Lipinski definition) is 4. The highest BCUT2D eigenvalue weighted by molar-refractivity contribution is 7.19. The molecule has 0 saturated heterocycles. The van der Waals surface area contributed by atoms with E-state index < -0.39 is 6.10 Å². The van der Waals surface area contributed by atoms with Gasteiger partial charge in [-0.3, -0.25) is 4.99 Å². The van der Waals surface area contributed by atoms with Crippen molar-refractivity contribution >= 4 is 27.4 Å². The lowest BCUT2D eigenvalue weighted by Crippen LogP contribution is -2.51. The number of guanidine groups is 1. The first kappa shape index (κ1) is 18.7. The molecule has 1 aromatic heterocycles. The van der Waals surface area contributed by atoms with E-state index in [1.165, 1.54) is 10.1 Å². The molecule has 132 valence electrons. The second-order valence-electron chi connectivity index (χ2n) is 6.72. The first-order valence-electron chi connectivity index (χ1n) is 8.12. The van der Waals surface area contributed by atoms with Gasteiger partial charge in [0.05, 0.1) is 0 Å². The van der Waals surface area contributed by atoms with E-state index in [1.54, 1.807) is 18.4 Å². The summed E-state index contributed by atoms with van der Waals surface area (Å²) in [6.45, 7) is 5.52. The summed E-state index contributed by atoms with van der Waals surface area (Å²) < 4.78 is 1.20. The molecule has 2 rings (SSSR count). The van der Waals surface area contributed by atoms with Crippen LogP contribution in [-0.2, 0) is 0 Å². The number of nitrogens with zero attached hydrogens (tertiary/aromatic N) is 2. The fraction of sp³-hybridized carbons (Fsp3) is 0.500. The van der Waals surface area contributed by atoms with E-state index in [0.29, 0.717) is 12.5 Å². The third-order valence-electron chi connectivity index (χ3n) is 4.36. The van der Waals surface area contributed by atoms with Gasteiger partial charge in [-0.25, -0.2) is 0 Å². The molecule has 1 unspecified atom stereocenters. The zero-order valence-electron chi connectivity index (χ0n) is 15.1. The van der Waals surface area contributed by atoms with E-state index in [2.05, 4.69) is 66.7 Å². The Morgan fingerprint density at radius 3 is 2.62 bits per heavy atom. The number of fused-ring (bicyclic) bond motifs is 1. The van der Waals surface area contributed by atoms with Gasteiger partial charge in [0.2, 0.25) is 0 Å². The fourth-order valence-corrected chi connectivity index (χ4v) is 3.19. The summed E-state index contributed by atoms with van der Waals surface area (Å²) in [5.41, 5.74) is 0.0156.